The zero-order chi connectivity index (χ0) is 33.0. The number of aromatic nitrogens is 4. The maximum atomic E-state index is 14.2. The van der Waals surface area contributed by atoms with Gasteiger partial charge in [0.15, 0.2) is 5.75 Å². The van der Waals surface area contributed by atoms with Crippen LogP contribution in [0.3, 0.4) is 0 Å². The monoisotopic (exact) mass is 665 g/mol. The van der Waals surface area contributed by atoms with Crippen molar-refractivity contribution in [1.82, 2.24) is 30.0 Å². The number of benzene rings is 2. The molecular formula is C34H41ClFN7O4. The van der Waals surface area contributed by atoms with Crippen LogP contribution < -0.4 is 14.4 Å². The summed E-state index contributed by atoms with van der Waals surface area (Å²) in [6, 6.07) is 6.04. The second-order valence-corrected chi connectivity index (χ2v) is 14.3. The number of rotatable bonds is 7. The van der Waals surface area contributed by atoms with E-state index in [2.05, 4.69) is 15.1 Å². The Balaban J connectivity index is 1.33. The minimum absolute atomic E-state index is 0.0491. The summed E-state index contributed by atoms with van der Waals surface area (Å²) in [5.41, 5.74) is 3.60. The molecule has 1 amide bonds. The lowest BCUT2D eigenvalue weighted by molar-refractivity contribution is 0.0240. The Kier molecular flexibility index (Phi) is 8.28. The molecule has 2 aliphatic heterocycles. The molecule has 0 radical (unpaired) electrons. The van der Waals surface area contributed by atoms with E-state index in [0.717, 1.165) is 45.8 Å². The number of aromatic amines is 1. The van der Waals surface area contributed by atoms with Gasteiger partial charge in [0.25, 0.3) is 0 Å². The molecule has 11 nitrogen and oxygen atoms in total. The number of hydrogen-bond acceptors (Lipinski definition) is 9. The molecule has 2 aromatic heterocycles. The van der Waals surface area contributed by atoms with Gasteiger partial charge in [0.2, 0.25) is 0 Å². The summed E-state index contributed by atoms with van der Waals surface area (Å²) in [7, 11) is 1.90. The van der Waals surface area contributed by atoms with Gasteiger partial charge in [0.1, 0.15) is 29.7 Å². The molecule has 0 spiro atoms. The van der Waals surface area contributed by atoms with Gasteiger partial charge in [0.05, 0.1) is 22.8 Å². The van der Waals surface area contributed by atoms with E-state index in [0.29, 0.717) is 61.3 Å². The van der Waals surface area contributed by atoms with Crippen LogP contribution in [0.15, 0.2) is 24.4 Å². The van der Waals surface area contributed by atoms with E-state index < -0.39 is 11.8 Å². The molecule has 0 bridgehead atoms. The lowest BCUT2D eigenvalue weighted by Crippen LogP contribution is -2.50. The smallest absolute Gasteiger partial charge is 0.410 e. The number of likely N-dealkylation sites (tertiary alicyclic amines) is 1. The number of fused-ring (bicyclic) bond motifs is 2. The normalized spacial score (nSPS) is 20.7. The molecule has 0 unspecified atom stereocenters. The number of nitrogens with one attached hydrogen (secondary N) is 1. The molecule has 13 heteroatoms. The summed E-state index contributed by atoms with van der Waals surface area (Å²) in [5, 5.41) is 9.53. The number of aryl methyl sites for hydroxylation is 1. The van der Waals surface area contributed by atoms with E-state index >= 15 is 0 Å². The average molecular weight is 666 g/mol. The number of likely N-dealkylation sites (N-methyl/N-ethyl adjacent to an activating group) is 1. The second-order valence-electron chi connectivity index (χ2n) is 13.9. The summed E-state index contributed by atoms with van der Waals surface area (Å²) >= 11 is 7.21. The summed E-state index contributed by atoms with van der Waals surface area (Å²) in [6.07, 6.45) is 2.90. The van der Waals surface area contributed by atoms with Crippen molar-refractivity contribution in [2.24, 2.45) is 0 Å². The van der Waals surface area contributed by atoms with Crippen molar-refractivity contribution in [1.29, 1.82) is 0 Å². The molecule has 2 atom stereocenters. The number of piperazine rings is 1. The van der Waals surface area contributed by atoms with Gasteiger partial charge in [-0.2, -0.15) is 15.1 Å². The van der Waals surface area contributed by atoms with Gasteiger partial charge in [-0.05, 0) is 71.7 Å². The maximum Gasteiger partial charge on any atom is 0.410 e. The molecule has 250 valence electrons. The largest absolute Gasteiger partial charge is 0.487 e. The molecule has 1 N–H and O–H groups in total. The Hall–Kier alpha value is -3.90. The maximum absolute atomic E-state index is 14.2. The number of ether oxygens (including phenoxy) is 3. The van der Waals surface area contributed by atoms with Crippen LogP contribution in [0, 0.1) is 6.92 Å². The fraction of sp³-hybridized carbons (Fsp3) is 0.529. The number of H-pyrrole nitrogens is 1. The molecule has 4 aromatic rings. The van der Waals surface area contributed by atoms with E-state index in [1.165, 1.54) is 0 Å². The zero-order valence-electron chi connectivity index (χ0n) is 27.5. The first-order valence-electron chi connectivity index (χ1n) is 16.3. The highest BCUT2D eigenvalue weighted by molar-refractivity contribution is 6.35. The molecule has 2 aromatic carbocycles. The first kappa shape index (κ1) is 31.7. The quantitative estimate of drug-likeness (QED) is 0.248. The number of anilines is 1. The van der Waals surface area contributed by atoms with Gasteiger partial charge in [-0.25, -0.2) is 9.18 Å². The topological polar surface area (TPSA) is 109 Å². The Morgan fingerprint density at radius 1 is 1.11 bits per heavy atom. The summed E-state index contributed by atoms with van der Waals surface area (Å²) in [5.74, 6) is 1.22. The van der Waals surface area contributed by atoms with Crippen LogP contribution in [-0.4, -0.2) is 106 Å². The van der Waals surface area contributed by atoms with E-state index in [1.807, 2.05) is 57.8 Å². The predicted octanol–water partition coefficient (Wildman–Crippen LogP) is 6.15. The van der Waals surface area contributed by atoms with Crippen molar-refractivity contribution < 1.29 is 23.4 Å². The minimum atomic E-state index is -0.889. The van der Waals surface area contributed by atoms with Gasteiger partial charge < -0.3 is 24.0 Å². The number of carbonyl (C=O) groups is 1. The number of halogens is 2. The number of amides is 1. The molecule has 47 heavy (non-hydrogen) atoms. The molecular weight excluding hydrogens is 625 g/mol. The van der Waals surface area contributed by atoms with Gasteiger partial charge in [-0.3, -0.25) is 10.00 Å². The van der Waals surface area contributed by atoms with E-state index in [1.54, 1.807) is 11.1 Å². The fourth-order valence-electron chi connectivity index (χ4n) is 6.44. The third kappa shape index (κ3) is 6.49. The summed E-state index contributed by atoms with van der Waals surface area (Å²) < 4.78 is 32.7. The van der Waals surface area contributed by atoms with Gasteiger partial charge >= 0.3 is 12.1 Å². The SMILES string of the molecule is Cc1ccc2[nH]ncc2c1-c1c(Cl)cc2c(N3CCN(C(=O)OC(C)(C)C)CC3)nc(OC[C@@H]3C[C@H](F)CN3C)nc2c1OC1CC1. The zero-order valence-corrected chi connectivity index (χ0v) is 28.2. The van der Waals surface area contributed by atoms with E-state index in [-0.39, 0.29) is 30.9 Å². The predicted molar refractivity (Wildman–Crippen MR) is 179 cm³/mol. The molecule has 4 heterocycles. The minimum Gasteiger partial charge on any atom is -0.487 e. The molecule has 1 aliphatic carbocycles. The van der Waals surface area contributed by atoms with Crippen LogP contribution in [0.5, 0.6) is 11.8 Å². The second kappa shape index (κ2) is 12.3. The van der Waals surface area contributed by atoms with Gasteiger partial charge in [-0.1, -0.05) is 17.7 Å². The van der Waals surface area contributed by atoms with Crippen molar-refractivity contribution in [3.05, 3.63) is 35.0 Å². The van der Waals surface area contributed by atoms with Crippen LogP contribution in [-0.2, 0) is 4.74 Å². The van der Waals surface area contributed by atoms with Gasteiger partial charge in [-0.15, -0.1) is 0 Å². The van der Waals surface area contributed by atoms with Crippen LogP contribution in [0.2, 0.25) is 5.02 Å². The van der Waals surface area contributed by atoms with Gasteiger partial charge in [0, 0.05) is 60.7 Å². The third-order valence-electron chi connectivity index (χ3n) is 9.02. The van der Waals surface area contributed by atoms with E-state index in [9.17, 15) is 9.18 Å². The summed E-state index contributed by atoms with van der Waals surface area (Å²) in [6.45, 7) is 10.2. The highest BCUT2D eigenvalue weighted by Crippen LogP contribution is 2.48. The number of carbonyl (C=O) groups excluding carboxylic acids is 1. The summed E-state index contributed by atoms with van der Waals surface area (Å²) in [4.78, 5) is 28.5. The number of nitrogens with zero attached hydrogens (tertiary/aromatic N) is 6. The molecule has 1 saturated carbocycles. The Bertz CT molecular complexity index is 1820. The van der Waals surface area contributed by atoms with Crippen molar-refractivity contribution in [2.75, 3.05) is 51.3 Å². The van der Waals surface area contributed by atoms with Crippen LogP contribution >= 0.6 is 11.6 Å². The average Bonchev–Trinajstić information content (AvgIpc) is 3.60. The van der Waals surface area contributed by atoms with Crippen molar-refractivity contribution >= 4 is 45.3 Å². The number of alkyl halides is 1. The van der Waals surface area contributed by atoms with Crippen molar-refractivity contribution in [3.63, 3.8) is 0 Å². The molecule has 3 fully saturated rings. The Morgan fingerprint density at radius 3 is 2.55 bits per heavy atom. The third-order valence-corrected chi connectivity index (χ3v) is 9.32. The highest BCUT2D eigenvalue weighted by atomic mass is 35.5. The van der Waals surface area contributed by atoms with Crippen molar-refractivity contribution in [3.8, 4) is 22.9 Å². The first-order chi connectivity index (χ1) is 22.4. The van der Waals surface area contributed by atoms with Crippen LogP contribution in [0.25, 0.3) is 32.9 Å². The number of hydrogen-bond donors (Lipinski definition) is 1. The molecule has 2 saturated heterocycles. The molecule has 7 rings (SSSR count). The van der Waals surface area contributed by atoms with Crippen LogP contribution in [0.4, 0.5) is 15.0 Å². The van der Waals surface area contributed by atoms with Crippen LogP contribution in [0.1, 0.15) is 45.6 Å². The van der Waals surface area contributed by atoms with Crippen molar-refractivity contribution in [2.45, 2.75) is 70.9 Å². The standard InChI is InChI=1S/C34H41ClFN7O4/c1-19-6-9-26-24(16-37-40-26)27(19)28-25(35)15-23-29(30(28)46-22-7-8-22)38-32(45-18-21-14-20(36)17-41(21)5)39-31(23)42-10-12-43(13-11-42)33(44)47-34(2,3)4/h6,9,15-16,20-22H,7-8,10-14,17-18H2,1-5H3,(H,37,40)/t20-,21-/m0/s1. The lowest BCUT2D eigenvalue weighted by atomic mass is 9.94. The highest BCUT2D eigenvalue weighted by Gasteiger charge is 2.33. The Morgan fingerprint density at radius 2 is 1.87 bits per heavy atom. The van der Waals surface area contributed by atoms with E-state index in [4.69, 9.17) is 35.8 Å². The fourth-order valence-corrected chi connectivity index (χ4v) is 6.73. The lowest BCUT2D eigenvalue weighted by Gasteiger charge is -2.36. The molecule has 3 aliphatic rings. The Labute approximate surface area is 278 Å². The first-order valence-corrected chi connectivity index (χ1v) is 16.7.